The molecule has 1 aliphatic heterocycles. The molecule has 0 bridgehead atoms. The lowest BCUT2D eigenvalue weighted by Gasteiger charge is -2.35. The van der Waals surface area contributed by atoms with Crippen LogP contribution in [0.3, 0.4) is 0 Å². The number of rotatable bonds is 8. The van der Waals surface area contributed by atoms with Gasteiger partial charge in [0.05, 0.1) is 0 Å². The van der Waals surface area contributed by atoms with Gasteiger partial charge in [0, 0.05) is 39.3 Å². The van der Waals surface area contributed by atoms with Gasteiger partial charge in [-0.25, -0.2) is 0 Å². The molecule has 0 aromatic heterocycles. The second-order valence-corrected chi connectivity index (χ2v) is 7.75. The average Bonchev–Trinajstić information content (AvgIpc) is 2.69. The van der Waals surface area contributed by atoms with E-state index in [4.69, 9.17) is 4.74 Å². The van der Waals surface area contributed by atoms with Gasteiger partial charge in [-0.2, -0.15) is 0 Å². The number of hydrogen-bond donors (Lipinski definition) is 1. The molecule has 1 saturated heterocycles. The van der Waals surface area contributed by atoms with Crippen LogP contribution < -0.4 is 4.74 Å². The molecule has 1 N–H and O–H groups in total. The molecule has 1 heterocycles. The molecule has 4 heteroatoms. The van der Waals surface area contributed by atoms with Crippen molar-refractivity contribution in [2.75, 3.05) is 39.3 Å². The first-order valence-electron chi connectivity index (χ1n) is 9.99. The summed E-state index contributed by atoms with van der Waals surface area (Å²) in [6, 6.07) is 18.8. The van der Waals surface area contributed by atoms with Crippen molar-refractivity contribution >= 4 is 0 Å². The van der Waals surface area contributed by atoms with Gasteiger partial charge in [-0.3, -0.25) is 9.80 Å². The number of aliphatic hydroxyl groups excluding tert-OH is 1. The van der Waals surface area contributed by atoms with Crippen molar-refractivity contribution in [1.29, 1.82) is 0 Å². The maximum absolute atomic E-state index is 10.3. The molecular formula is C23H32N2O2. The molecule has 0 unspecified atom stereocenters. The Hall–Kier alpha value is -1.88. The average molecular weight is 369 g/mol. The number of nitrogens with zero attached hydrogens (tertiary/aromatic N) is 2. The fourth-order valence-electron chi connectivity index (χ4n) is 3.46. The Morgan fingerprint density at radius 2 is 1.52 bits per heavy atom. The summed E-state index contributed by atoms with van der Waals surface area (Å²) in [6.45, 7) is 10.4. The van der Waals surface area contributed by atoms with Crippen molar-refractivity contribution in [2.45, 2.75) is 32.4 Å². The van der Waals surface area contributed by atoms with Crippen molar-refractivity contribution < 1.29 is 9.84 Å². The lowest BCUT2D eigenvalue weighted by atomic mass is 10.0. The molecule has 2 aromatic carbocycles. The molecule has 0 amide bonds. The summed E-state index contributed by atoms with van der Waals surface area (Å²) >= 11 is 0. The van der Waals surface area contributed by atoms with Crippen LogP contribution in [0.4, 0.5) is 0 Å². The highest BCUT2D eigenvalue weighted by molar-refractivity contribution is 5.28. The maximum Gasteiger partial charge on any atom is 0.119 e. The Kier molecular flexibility index (Phi) is 7.27. The smallest absolute Gasteiger partial charge is 0.119 e. The Morgan fingerprint density at radius 3 is 2.15 bits per heavy atom. The Bertz CT molecular complexity index is 665. The van der Waals surface area contributed by atoms with Crippen molar-refractivity contribution in [1.82, 2.24) is 9.80 Å². The highest BCUT2D eigenvalue weighted by Gasteiger charge is 2.19. The monoisotopic (exact) mass is 368 g/mol. The minimum Gasteiger partial charge on any atom is -0.491 e. The van der Waals surface area contributed by atoms with Crippen molar-refractivity contribution in [3.05, 3.63) is 65.7 Å². The summed E-state index contributed by atoms with van der Waals surface area (Å²) in [5, 5.41) is 10.3. The van der Waals surface area contributed by atoms with E-state index in [2.05, 4.69) is 66.1 Å². The van der Waals surface area contributed by atoms with Gasteiger partial charge < -0.3 is 9.84 Å². The van der Waals surface area contributed by atoms with Crippen molar-refractivity contribution in [3.8, 4) is 5.75 Å². The van der Waals surface area contributed by atoms with Gasteiger partial charge in [-0.1, -0.05) is 56.3 Å². The normalized spacial score (nSPS) is 17.2. The Balaban J connectivity index is 1.36. The maximum atomic E-state index is 10.3. The van der Waals surface area contributed by atoms with Crippen molar-refractivity contribution in [3.63, 3.8) is 0 Å². The molecule has 4 nitrogen and oxygen atoms in total. The number of piperazine rings is 1. The summed E-state index contributed by atoms with van der Waals surface area (Å²) in [4.78, 5) is 4.81. The van der Waals surface area contributed by atoms with Crippen LogP contribution >= 0.6 is 0 Å². The minimum atomic E-state index is -0.463. The molecule has 1 atom stereocenters. The molecule has 27 heavy (non-hydrogen) atoms. The van der Waals surface area contributed by atoms with Gasteiger partial charge in [-0.15, -0.1) is 0 Å². The molecular weight excluding hydrogens is 336 g/mol. The fourth-order valence-corrected chi connectivity index (χ4v) is 3.46. The molecule has 0 radical (unpaired) electrons. The van der Waals surface area contributed by atoms with Crippen LogP contribution in [-0.4, -0.2) is 60.3 Å². The summed E-state index contributed by atoms with van der Waals surface area (Å²) < 4.78 is 5.76. The molecule has 0 aliphatic carbocycles. The van der Waals surface area contributed by atoms with E-state index in [-0.39, 0.29) is 0 Å². The van der Waals surface area contributed by atoms with E-state index in [0.29, 0.717) is 19.1 Å². The zero-order valence-electron chi connectivity index (χ0n) is 16.6. The van der Waals surface area contributed by atoms with Crippen LogP contribution in [0.5, 0.6) is 5.75 Å². The van der Waals surface area contributed by atoms with E-state index in [1.165, 1.54) is 11.1 Å². The first kappa shape index (κ1) is 19.9. The number of benzene rings is 2. The minimum absolute atomic E-state index is 0.339. The first-order valence-corrected chi connectivity index (χ1v) is 9.99. The first-order chi connectivity index (χ1) is 13.1. The third kappa shape index (κ3) is 6.35. The highest BCUT2D eigenvalue weighted by atomic mass is 16.5. The fraction of sp³-hybridized carbons (Fsp3) is 0.478. The zero-order chi connectivity index (χ0) is 19.1. The second-order valence-electron chi connectivity index (χ2n) is 7.75. The van der Waals surface area contributed by atoms with Gasteiger partial charge in [0.2, 0.25) is 0 Å². The lowest BCUT2D eigenvalue weighted by Crippen LogP contribution is -2.48. The van der Waals surface area contributed by atoms with E-state index in [1.807, 2.05) is 12.1 Å². The van der Waals surface area contributed by atoms with E-state index >= 15 is 0 Å². The summed E-state index contributed by atoms with van der Waals surface area (Å²) in [6.07, 6.45) is -0.463. The summed E-state index contributed by atoms with van der Waals surface area (Å²) in [7, 11) is 0. The Morgan fingerprint density at radius 1 is 0.889 bits per heavy atom. The zero-order valence-corrected chi connectivity index (χ0v) is 16.6. The standard InChI is InChI=1S/C23H32N2O2/c1-19(2)21-8-10-23(11-9-21)27-18-22(26)17-25-14-12-24(13-15-25)16-20-6-4-3-5-7-20/h3-11,19,22,26H,12-18H2,1-2H3/t22-/m1/s1. The van der Waals surface area contributed by atoms with Gasteiger partial charge in [0.15, 0.2) is 0 Å². The van der Waals surface area contributed by atoms with Crippen LogP contribution in [0.1, 0.15) is 30.9 Å². The van der Waals surface area contributed by atoms with Gasteiger partial charge >= 0.3 is 0 Å². The molecule has 0 saturated carbocycles. The Labute approximate surface area is 163 Å². The molecule has 0 spiro atoms. The summed E-state index contributed by atoms with van der Waals surface area (Å²) in [5.41, 5.74) is 2.67. The number of ether oxygens (including phenoxy) is 1. The quantitative estimate of drug-likeness (QED) is 0.775. The van der Waals surface area contributed by atoms with Gasteiger partial charge in [0.1, 0.15) is 18.5 Å². The van der Waals surface area contributed by atoms with E-state index < -0.39 is 6.10 Å². The number of aliphatic hydroxyl groups is 1. The highest BCUT2D eigenvalue weighted by Crippen LogP contribution is 2.18. The molecule has 146 valence electrons. The van der Waals surface area contributed by atoms with Crippen LogP contribution in [0.2, 0.25) is 0 Å². The van der Waals surface area contributed by atoms with E-state index in [9.17, 15) is 5.11 Å². The van der Waals surface area contributed by atoms with Crippen molar-refractivity contribution in [2.24, 2.45) is 0 Å². The van der Waals surface area contributed by atoms with Crippen LogP contribution in [0.15, 0.2) is 54.6 Å². The predicted octanol–water partition coefficient (Wildman–Crippen LogP) is 3.37. The number of hydrogen-bond acceptors (Lipinski definition) is 4. The SMILES string of the molecule is CC(C)c1ccc(OC[C@H](O)CN2CCN(Cc3ccccc3)CC2)cc1. The second kappa shape index (κ2) is 9.88. The predicted molar refractivity (Wildman–Crippen MR) is 110 cm³/mol. The van der Waals surface area contributed by atoms with Crippen LogP contribution in [-0.2, 0) is 6.54 Å². The summed E-state index contributed by atoms with van der Waals surface area (Å²) in [5.74, 6) is 1.34. The van der Waals surface area contributed by atoms with Gasteiger partial charge in [0.25, 0.3) is 0 Å². The lowest BCUT2D eigenvalue weighted by molar-refractivity contribution is 0.0446. The van der Waals surface area contributed by atoms with Crippen LogP contribution in [0, 0.1) is 0 Å². The van der Waals surface area contributed by atoms with E-state index in [0.717, 1.165) is 38.5 Å². The largest absolute Gasteiger partial charge is 0.491 e. The molecule has 1 aliphatic rings. The van der Waals surface area contributed by atoms with E-state index in [1.54, 1.807) is 0 Å². The molecule has 3 rings (SSSR count). The number of β-amino-alcohol motifs (C(OH)–C–C–N with tert-alkyl or cyclic N) is 1. The van der Waals surface area contributed by atoms with Gasteiger partial charge in [-0.05, 0) is 29.2 Å². The van der Waals surface area contributed by atoms with Crippen LogP contribution in [0.25, 0.3) is 0 Å². The third-order valence-corrected chi connectivity index (χ3v) is 5.17. The third-order valence-electron chi connectivity index (χ3n) is 5.17. The molecule has 1 fully saturated rings. The molecule has 2 aromatic rings. The topological polar surface area (TPSA) is 35.9 Å².